The molecule has 22 heavy (non-hydrogen) atoms. The third-order valence-corrected chi connectivity index (χ3v) is 4.51. The topological polar surface area (TPSA) is 52.7 Å². The summed E-state index contributed by atoms with van der Waals surface area (Å²) < 4.78 is 0. The molecule has 0 radical (unpaired) electrons. The van der Waals surface area contributed by atoms with E-state index in [-0.39, 0.29) is 5.91 Å². The van der Waals surface area contributed by atoms with E-state index in [9.17, 15) is 9.59 Å². The number of para-hydroxylation sites is 1. The van der Waals surface area contributed by atoms with E-state index in [1.54, 1.807) is 0 Å². The van der Waals surface area contributed by atoms with Gasteiger partial charge >= 0.3 is 0 Å². The van der Waals surface area contributed by atoms with Crippen molar-refractivity contribution in [3.8, 4) is 0 Å². The van der Waals surface area contributed by atoms with Crippen molar-refractivity contribution in [2.24, 2.45) is 0 Å². The average molecular weight is 301 g/mol. The van der Waals surface area contributed by atoms with Gasteiger partial charge < -0.3 is 15.1 Å². The first-order chi connectivity index (χ1) is 10.7. The van der Waals surface area contributed by atoms with Gasteiger partial charge in [-0.3, -0.25) is 9.59 Å². The van der Waals surface area contributed by atoms with E-state index in [1.807, 2.05) is 35.2 Å². The molecule has 0 bridgehead atoms. The minimum atomic E-state index is 0.0481. The summed E-state index contributed by atoms with van der Waals surface area (Å²) in [6.07, 6.45) is 3.23. The third kappa shape index (κ3) is 3.65. The van der Waals surface area contributed by atoms with E-state index in [0.717, 1.165) is 44.7 Å². The van der Waals surface area contributed by atoms with Crippen molar-refractivity contribution in [1.82, 2.24) is 9.80 Å². The Balaban J connectivity index is 1.41. The summed E-state index contributed by atoms with van der Waals surface area (Å²) in [6.45, 7) is 3.56. The van der Waals surface area contributed by atoms with Gasteiger partial charge in [-0.1, -0.05) is 18.2 Å². The number of likely N-dealkylation sites (tertiary alicyclic amines) is 2. The van der Waals surface area contributed by atoms with Crippen LogP contribution in [0.2, 0.25) is 0 Å². The van der Waals surface area contributed by atoms with Gasteiger partial charge in [-0.25, -0.2) is 0 Å². The number of carbonyl (C=O) groups is 2. The summed E-state index contributed by atoms with van der Waals surface area (Å²) in [5.41, 5.74) is 0.842. The molecule has 1 aromatic carbocycles. The van der Waals surface area contributed by atoms with E-state index in [4.69, 9.17) is 0 Å². The first-order valence-corrected chi connectivity index (χ1v) is 8.09. The summed E-state index contributed by atoms with van der Waals surface area (Å²) in [5, 5.41) is 2.91. The zero-order chi connectivity index (χ0) is 15.4. The number of nitrogens with one attached hydrogen (secondary N) is 1. The van der Waals surface area contributed by atoms with Gasteiger partial charge in [0.15, 0.2) is 0 Å². The molecule has 2 saturated heterocycles. The summed E-state index contributed by atoms with van der Waals surface area (Å²) in [7, 11) is 0. The summed E-state index contributed by atoms with van der Waals surface area (Å²) in [6, 6.07) is 9.89. The van der Waals surface area contributed by atoms with Crippen molar-refractivity contribution in [3.63, 3.8) is 0 Å². The normalized spacial score (nSPS) is 22.3. The fraction of sp³-hybridized carbons (Fsp3) is 0.529. The van der Waals surface area contributed by atoms with Crippen LogP contribution in [-0.4, -0.2) is 53.8 Å². The Kier molecular flexibility index (Phi) is 4.73. The largest absolute Gasteiger partial charge is 0.338 e. The molecule has 5 nitrogen and oxygen atoms in total. The van der Waals surface area contributed by atoms with Crippen LogP contribution in [0.3, 0.4) is 0 Å². The number of hydrogen-bond donors (Lipinski definition) is 1. The molecule has 2 fully saturated rings. The monoisotopic (exact) mass is 301 g/mol. The number of rotatable bonds is 5. The zero-order valence-corrected chi connectivity index (χ0v) is 12.8. The number of benzene rings is 1. The smallest absolute Gasteiger partial charge is 0.225 e. The van der Waals surface area contributed by atoms with Crippen molar-refractivity contribution in [2.75, 3.05) is 31.5 Å². The van der Waals surface area contributed by atoms with E-state index in [1.165, 1.54) is 0 Å². The van der Waals surface area contributed by atoms with Crippen LogP contribution in [0.4, 0.5) is 5.69 Å². The fourth-order valence-electron chi connectivity index (χ4n) is 3.33. The maximum atomic E-state index is 12.0. The minimum Gasteiger partial charge on any atom is -0.338 e. The molecule has 2 amide bonds. The number of amides is 2. The van der Waals surface area contributed by atoms with Crippen molar-refractivity contribution >= 4 is 17.5 Å². The van der Waals surface area contributed by atoms with Crippen molar-refractivity contribution in [1.29, 1.82) is 0 Å². The average Bonchev–Trinajstić information content (AvgIpc) is 3.14. The molecule has 2 aliphatic heterocycles. The van der Waals surface area contributed by atoms with Gasteiger partial charge in [-0.2, -0.15) is 0 Å². The zero-order valence-electron chi connectivity index (χ0n) is 12.8. The number of nitrogens with zero attached hydrogens (tertiary/aromatic N) is 2. The van der Waals surface area contributed by atoms with Gasteiger partial charge in [-0.15, -0.1) is 0 Å². The molecule has 2 heterocycles. The van der Waals surface area contributed by atoms with Crippen LogP contribution in [-0.2, 0) is 9.59 Å². The summed E-state index contributed by atoms with van der Waals surface area (Å²) in [4.78, 5) is 28.1. The van der Waals surface area contributed by atoms with Gasteiger partial charge in [-0.05, 0) is 25.0 Å². The lowest BCUT2D eigenvalue weighted by Crippen LogP contribution is -2.38. The highest BCUT2D eigenvalue weighted by Gasteiger charge is 2.32. The van der Waals surface area contributed by atoms with E-state index in [0.29, 0.717) is 24.8 Å². The highest BCUT2D eigenvalue weighted by atomic mass is 16.2. The second kappa shape index (κ2) is 6.92. The Morgan fingerprint density at radius 3 is 2.77 bits per heavy atom. The maximum absolute atomic E-state index is 12.0. The molecule has 5 heteroatoms. The second-order valence-electron chi connectivity index (χ2n) is 6.10. The second-order valence-corrected chi connectivity index (χ2v) is 6.10. The van der Waals surface area contributed by atoms with Gasteiger partial charge in [0.25, 0.3) is 0 Å². The Morgan fingerprint density at radius 2 is 2.05 bits per heavy atom. The van der Waals surface area contributed by atoms with Crippen LogP contribution in [0, 0.1) is 0 Å². The molecule has 2 aliphatic rings. The third-order valence-electron chi connectivity index (χ3n) is 4.51. The summed E-state index contributed by atoms with van der Waals surface area (Å²) >= 11 is 0. The molecule has 0 aromatic heterocycles. The number of anilines is 1. The van der Waals surface area contributed by atoms with Crippen LogP contribution in [0.1, 0.15) is 25.7 Å². The fourth-order valence-corrected chi connectivity index (χ4v) is 3.33. The van der Waals surface area contributed by atoms with Crippen LogP contribution in [0.5, 0.6) is 0 Å². The van der Waals surface area contributed by atoms with Crippen molar-refractivity contribution in [2.45, 2.75) is 31.7 Å². The van der Waals surface area contributed by atoms with Crippen molar-refractivity contribution < 1.29 is 9.59 Å². The first-order valence-electron chi connectivity index (χ1n) is 8.09. The Hall–Kier alpha value is -1.88. The Bertz CT molecular complexity index is 532. The highest BCUT2D eigenvalue weighted by molar-refractivity contribution is 5.90. The molecule has 0 aliphatic carbocycles. The predicted octanol–water partition coefficient (Wildman–Crippen LogP) is 1.71. The molecule has 3 rings (SSSR count). The van der Waals surface area contributed by atoms with Crippen LogP contribution in [0.25, 0.3) is 0 Å². The quantitative estimate of drug-likeness (QED) is 0.901. The molecule has 118 valence electrons. The maximum Gasteiger partial charge on any atom is 0.225 e. The first kappa shape index (κ1) is 15.0. The molecular weight excluding hydrogens is 278 g/mol. The van der Waals surface area contributed by atoms with E-state index >= 15 is 0 Å². The van der Waals surface area contributed by atoms with Gasteiger partial charge in [0.1, 0.15) is 0 Å². The van der Waals surface area contributed by atoms with Gasteiger partial charge in [0.2, 0.25) is 11.8 Å². The lowest BCUT2D eigenvalue weighted by molar-refractivity contribution is -0.129. The van der Waals surface area contributed by atoms with Crippen LogP contribution in [0.15, 0.2) is 30.3 Å². The predicted molar refractivity (Wildman–Crippen MR) is 85.5 cm³/mol. The van der Waals surface area contributed by atoms with Gasteiger partial charge in [0.05, 0.1) is 0 Å². The number of hydrogen-bond acceptors (Lipinski definition) is 3. The van der Waals surface area contributed by atoms with Crippen LogP contribution < -0.4 is 5.32 Å². The van der Waals surface area contributed by atoms with Crippen LogP contribution >= 0.6 is 0 Å². The molecule has 1 unspecified atom stereocenters. The minimum absolute atomic E-state index is 0.0481. The number of carbonyl (C=O) groups excluding carboxylic acids is 2. The van der Waals surface area contributed by atoms with Crippen molar-refractivity contribution in [3.05, 3.63) is 30.3 Å². The lowest BCUT2D eigenvalue weighted by atomic mass is 10.2. The SMILES string of the molecule is O=C(CCN1CCC(N2CCCC2=O)C1)Nc1ccccc1. The molecule has 1 aromatic rings. The van der Waals surface area contributed by atoms with E-state index in [2.05, 4.69) is 10.2 Å². The van der Waals surface area contributed by atoms with Gasteiger partial charge in [0, 0.05) is 50.7 Å². The highest BCUT2D eigenvalue weighted by Crippen LogP contribution is 2.21. The molecular formula is C17H23N3O2. The standard InChI is InChI=1S/C17H23N3O2/c21-16(18-14-5-2-1-3-6-14)9-12-19-11-8-15(13-19)20-10-4-7-17(20)22/h1-3,5-6,15H,4,7-13H2,(H,18,21). The molecule has 0 saturated carbocycles. The Morgan fingerprint density at radius 1 is 1.23 bits per heavy atom. The van der Waals surface area contributed by atoms with E-state index < -0.39 is 0 Å². The molecule has 1 atom stereocenters. The lowest BCUT2D eigenvalue weighted by Gasteiger charge is -2.24. The Labute approximate surface area is 131 Å². The molecule has 0 spiro atoms. The summed E-state index contributed by atoms with van der Waals surface area (Å²) in [5.74, 6) is 0.348. The molecule has 1 N–H and O–H groups in total.